The number of nitrogens with one attached hydrogen (secondary N) is 1. The Labute approximate surface area is 182 Å². The Hall–Kier alpha value is -3.47. The molecule has 4 aromatic rings. The molecule has 0 aliphatic heterocycles. The van der Waals surface area contributed by atoms with E-state index in [0.29, 0.717) is 21.5 Å². The van der Waals surface area contributed by atoms with Gasteiger partial charge in [0.15, 0.2) is 11.6 Å². The predicted molar refractivity (Wildman–Crippen MR) is 116 cm³/mol. The van der Waals surface area contributed by atoms with Crippen LogP contribution in [0, 0.1) is 11.3 Å². The van der Waals surface area contributed by atoms with Gasteiger partial charge in [0.1, 0.15) is 16.7 Å². The zero-order chi connectivity index (χ0) is 20.9. The molecule has 30 heavy (non-hydrogen) atoms. The molecule has 148 valence electrons. The quantitative estimate of drug-likeness (QED) is 0.403. The van der Waals surface area contributed by atoms with E-state index in [1.54, 1.807) is 16.8 Å². The Morgan fingerprint density at radius 3 is 2.60 bits per heavy atom. The lowest BCUT2D eigenvalue weighted by molar-refractivity contribution is 0.0996. The summed E-state index contributed by atoms with van der Waals surface area (Å²) in [5.74, 6) is 0.499. The third kappa shape index (κ3) is 4.10. The van der Waals surface area contributed by atoms with Crippen molar-refractivity contribution in [1.82, 2.24) is 9.78 Å². The molecular formula is C22H15ClN4O2S. The normalized spacial score (nSPS) is 10.5. The molecule has 0 radical (unpaired) electrons. The molecular weight excluding hydrogens is 420 g/mol. The molecule has 2 aromatic carbocycles. The first-order valence-corrected chi connectivity index (χ1v) is 10.3. The second kappa shape index (κ2) is 8.91. The fourth-order valence-electron chi connectivity index (χ4n) is 2.81. The average molecular weight is 435 g/mol. The van der Waals surface area contributed by atoms with Gasteiger partial charge in [0.25, 0.3) is 5.91 Å². The Morgan fingerprint density at radius 1 is 1.13 bits per heavy atom. The van der Waals surface area contributed by atoms with E-state index in [-0.39, 0.29) is 17.1 Å². The number of para-hydroxylation sites is 1. The van der Waals surface area contributed by atoms with Crippen LogP contribution in [0.2, 0.25) is 5.02 Å². The molecule has 0 atom stereocenters. The van der Waals surface area contributed by atoms with Gasteiger partial charge in [0.2, 0.25) is 0 Å². The van der Waals surface area contributed by atoms with Gasteiger partial charge in [-0.3, -0.25) is 4.79 Å². The average Bonchev–Trinajstić information content (AvgIpc) is 3.42. The van der Waals surface area contributed by atoms with Crippen molar-refractivity contribution in [3.63, 3.8) is 0 Å². The van der Waals surface area contributed by atoms with E-state index < -0.39 is 5.91 Å². The zero-order valence-electron chi connectivity index (χ0n) is 15.6. The minimum absolute atomic E-state index is 0.143. The van der Waals surface area contributed by atoms with Crippen LogP contribution in [0.5, 0.6) is 0 Å². The summed E-state index contributed by atoms with van der Waals surface area (Å²) in [4.78, 5) is 12.6. The van der Waals surface area contributed by atoms with E-state index in [9.17, 15) is 10.1 Å². The van der Waals surface area contributed by atoms with Crippen molar-refractivity contribution in [3.05, 3.63) is 94.9 Å². The molecule has 1 N–H and O–H groups in total. The van der Waals surface area contributed by atoms with Crippen molar-refractivity contribution in [2.45, 2.75) is 10.8 Å². The van der Waals surface area contributed by atoms with Gasteiger partial charge in [-0.25, -0.2) is 4.68 Å². The number of furan rings is 1. The van der Waals surface area contributed by atoms with Crippen molar-refractivity contribution in [1.29, 1.82) is 5.26 Å². The third-order valence-electron chi connectivity index (χ3n) is 4.26. The minimum Gasteiger partial charge on any atom is -0.459 e. The van der Waals surface area contributed by atoms with Crippen molar-refractivity contribution < 1.29 is 9.21 Å². The maximum atomic E-state index is 12.6. The summed E-state index contributed by atoms with van der Waals surface area (Å²) in [7, 11) is 0. The highest BCUT2D eigenvalue weighted by atomic mass is 35.5. The third-order valence-corrected chi connectivity index (χ3v) is 5.65. The number of benzene rings is 2. The fourth-order valence-corrected chi connectivity index (χ4v) is 4.06. The summed E-state index contributed by atoms with van der Waals surface area (Å²) in [6.45, 7) is 0. The molecule has 0 aliphatic carbocycles. The minimum atomic E-state index is -0.462. The highest BCUT2D eigenvalue weighted by molar-refractivity contribution is 7.98. The maximum absolute atomic E-state index is 12.6. The number of carbonyl (C=O) groups is 1. The van der Waals surface area contributed by atoms with Gasteiger partial charge in [-0.2, -0.15) is 10.4 Å². The van der Waals surface area contributed by atoms with Gasteiger partial charge < -0.3 is 9.73 Å². The van der Waals surface area contributed by atoms with Gasteiger partial charge in [-0.05, 0) is 35.9 Å². The number of nitrogens with zero attached hydrogens (tertiary/aromatic N) is 3. The van der Waals surface area contributed by atoms with Crippen LogP contribution in [0.25, 0.3) is 5.69 Å². The van der Waals surface area contributed by atoms with Crippen LogP contribution in [0.1, 0.15) is 21.7 Å². The Bertz CT molecular complexity index is 1210. The summed E-state index contributed by atoms with van der Waals surface area (Å²) in [5, 5.41) is 18.3. The molecule has 0 bridgehead atoms. The molecule has 0 aliphatic rings. The van der Waals surface area contributed by atoms with Crippen molar-refractivity contribution in [2.24, 2.45) is 0 Å². The van der Waals surface area contributed by atoms with Crippen LogP contribution in [0.4, 0.5) is 5.82 Å². The van der Waals surface area contributed by atoms with Crippen molar-refractivity contribution in [2.75, 3.05) is 5.32 Å². The summed E-state index contributed by atoms with van der Waals surface area (Å²) < 4.78 is 6.72. The van der Waals surface area contributed by atoms with Crippen LogP contribution in [-0.2, 0) is 5.75 Å². The summed E-state index contributed by atoms with van der Waals surface area (Å²) in [6.07, 6.45) is 1.42. The molecule has 0 spiro atoms. The summed E-state index contributed by atoms with van der Waals surface area (Å²) in [6, 6.07) is 22.2. The van der Waals surface area contributed by atoms with Crippen molar-refractivity contribution >= 4 is 35.1 Å². The summed E-state index contributed by atoms with van der Waals surface area (Å²) >= 11 is 7.63. The van der Waals surface area contributed by atoms with Crippen LogP contribution in [0.3, 0.4) is 0 Å². The molecule has 4 rings (SSSR count). The first-order chi connectivity index (χ1) is 14.7. The second-order valence-corrected chi connectivity index (χ2v) is 7.57. The number of hydrogen-bond acceptors (Lipinski definition) is 5. The molecule has 0 unspecified atom stereocenters. The van der Waals surface area contributed by atoms with E-state index in [2.05, 4.69) is 16.5 Å². The van der Waals surface area contributed by atoms with E-state index in [1.807, 2.05) is 54.6 Å². The van der Waals surface area contributed by atoms with Crippen molar-refractivity contribution in [3.8, 4) is 11.8 Å². The second-order valence-electron chi connectivity index (χ2n) is 6.20. The molecule has 8 heteroatoms. The van der Waals surface area contributed by atoms with Crippen LogP contribution >= 0.6 is 23.4 Å². The fraction of sp³-hybridized carbons (Fsp3) is 0.0455. The number of nitriles is 1. The maximum Gasteiger partial charge on any atom is 0.292 e. The number of carbonyl (C=O) groups excluding carboxylic acids is 1. The van der Waals surface area contributed by atoms with Gasteiger partial charge in [-0.1, -0.05) is 59.8 Å². The molecule has 2 heterocycles. The number of rotatable bonds is 6. The standard InChI is InChI=1S/C22H15ClN4O2S/c23-18-10-5-4-7-15(18)14-30-22-17(13-24)20(25-21(28)19-11-6-12-29-19)27(26-22)16-8-2-1-3-9-16/h1-12H,14H2,(H,25,28). The molecule has 2 aromatic heterocycles. The number of halogens is 1. The van der Waals surface area contributed by atoms with Crippen LogP contribution in [-0.4, -0.2) is 15.7 Å². The zero-order valence-corrected chi connectivity index (χ0v) is 17.2. The highest BCUT2D eigenvalue weighted by Crippen LogP contribution is 2.33. The van der Waals surface area contributed by atoms with E-state index in [0.717, 1.165) is 5.56 Å². The molecule has 0 fully saturated rings. The predicted octanol–water partition coefficient (Wildman–Crippen LogP) is 5.53. The van der Waals surface area contributed by atoms with Crippen LogP contribution < -0.4 is 5.32 Å². The number of amides is 1. The number of hydrogen-bond donors (Lipinski definition) is 1. The Kier molecular flexibility index (Phi) is 5.89. The Balaban J connectivity index is 1.72. The lowest BCUT2D eigenvalue weighted by atomic mass is 10.2. The van der Waals surface area contributed by atoms with E-state index >= 15 is 0 Å². The molecule has 1 amide bonds. The lowest BCUT2D eigenvalue weighted by Gasteiger charge is -2.08. The monoisotopic (exact) mass is 434 g/mol. The van der Waals surface area contributed by atoms with Gasteiger partial charge in [0, 0.05) is 10.8 Å². The first-order valence-electron chi connectivity index (χ1n) is 8.97. The number of anilines is 1. The SMILES string of the molecule is N#Cc1c(SCc2ccccc2Cl)nn(-c2ccccc2)c1NC(=O)c1ccco1. The largest absolute Gasteiger partial charge is 0.459 e. The van der Waals surface area contributed by atoms with E-state index in [4.69, 9.17) is 16.0 Å². The first kappa shape index (κ1) is 19.8. The lowest BCUT2D eigenvalue weighted by Crippen LogP contribution is -2.15. The highest BCUT2D eigenvalue weighted by Gasteiger charge is 2.23. The number of thioether (sulfide) groups is 1. The molecule has 0 saturated carbocycles. The smallest absolute Gasteiger partial charge is 0.292 e. The van der Waals surface area contributed by atoms with Gasteiger partial charge in [-0.15, -0.1) is 0 Å². The van der Waals surface area contributed by atoms with E-state index in [1.165, 1.54) is 18.0 Å². The molecule has 6 nitrogen and oxygen atoms in total. The molecule has 0 saturated heterocycles. The topological polar surface area (TPSA) is 83.9 Å². The van der Waals surface area contributed by atoms with Crippen LogP contribution in [0.15, 0.2) is 82.4 Å². The summed E-state index contributed by atoms with van der Waals surface area (Å²) in [5.41, 5.74) is 1.92. The van der Waals surface area contributed by atoms with Gasteiger partial charge in [0.05, 0.1) is 12.0 Å². The Morgan fingerprint density at radius 2 is 1.90 bits per heavy atom. The van der Waals surface area contributed by atoms with Gasteiger partial charge >= 0.3 is 0 Å². The number of aromatic nitrogens is 2.